The van der Waals surface area contributed by atoms with Crippen molar-refractivity contribution in [2.75, 3.05) is 6.54 Å². The molecule has 1 atom stereocenters. The zero-order chi connectivity index (χ0) is 17.4. The van der Waals surface area contributed by atoms with Crippen LogP contribution in [0.1, 0.15) is 34.7 Å². The van der Waals surface area contributed by atoms with Gasteiger partial charge in [0.1, 0.15) is 5.69 Å². The first-order valence-electron chi connectivity index (χ1n) is 8.53. The van der Waals surface area contributed by atoms with Gasteiger partial charge in [-0.05, 0) is 44.9 Å². The van der Waals surface area contributed by atoms with Gasteiger partial charge in [-0.2, -0.15) is 10.2 Å². The summed E-state index contributed by atoms with van der Waals surface area (Å²) in [5, 5.41) is 11.6. The minimum Gasteiger partial charge on any atom is -0.463 e. The largest absolute Gasteiger partial charge is 0.463 e. The molecule has 130 valence electrons. The Morgan fingerprint density at radius 1 is 1.40 bits per heavy atom. The maximum atomic E-state index is 12.9. The fourth-order valence-electron chi connectivity index (χ4n) is 3.49. The number of aromatic amines is 1. The molecule has 1 fully saturated rings. The van der Waals surface area contributed by atoms with Crippen molar-refractivity contribution in [3.8, 4) is 11.5 Å². The topological polar surface area (TPSA) is 80.0 Å². The Labute approximate surface area is 145 Å². The van der Waals surface area contributed by atoms with Crippen LogP contribution in [0.3, 0.4) is 0 Å². The summed E-state index contributed by atoms with van der Waals surface area (Å²) in [5.74, 6) is 0.630. The van der Waals surface area contributed by atoms with Crippen LogP contribution in [-0.4, -0.2) is 43.4 Å². The van der Waals surface area contributed by atoms with Crippen LogP contribution in [-0.2, 0) is 6.54 Å². The van der Waals surface area contributed by atoms with Gasteiger partial charge in [-0.25, -0.2) is 0 Å². The fraction of sp³-hybridized carbons (Fsp3) is 0.389. The molecule has 7 nitrogen and oxygen atoms in total. The summed E-state index contributed by atoms with van der Waals surface area (Å²) >= 11 is 0. The number of aromatic nitrogens is 4. The first-order valence-corrected chi connectivity index (χ1v) is 8.53. The lowest BCUT2D eigenvalue weighted by atomic mass is 10.2. The number of nitrogens with zero attached hydrogens (tertiary/aromatic N) is 4. The van der Waals surface area contributed by atoms with Gasteiger partial charge in [0.15, 0.2) is 11.5 Å². The number of hydrogen-bond acceptors (Lipinski definition) is 4. The highest BCUT2D eigenvalue weighted by atomic mass is 16.3. The molecule has 1 aliphatic heterocycles. The predicted molar refractivity (Wildman–Crippen MR) is 92.0 cm³/mol. The number of rotatable bonds is 4. The molecular formula is C18H21N5O2. The van der Waals surface area contributed by atoms with E-state index in [9.17, 15) is 4.79 Å². The van der Waals surface area contributed by atoms with Crippen molar-refractivity contribution in [3.05, 3.63) is 47.6 Å². The lowest BCUT2D eigenvalue weighted by Gasteiger charge is -2.24. The average molecular weight is 339 g/mol. The van der Waals surface area contributed by atoms with Crippen LogP contribution in [0, 0.1) is 13.8 Å². The Morgan fingerprint density at radius 3 is 3.00 bits per heavy atom. The molecule has 1 saturated heterocycles. The van der Waals surface area contributed by atoms with Gasteiger partial charge in [0.25, 0.3) is 5.91 Å². The van der Waals surface area contributed by atoms with Crippen LogP contribution < -0.4 is 0 Å². The Morgan fingerprint density at radius 2 is 2.28 bits per heavy atom. The highest BCUT2D eigenvalue weighted by Gasteiger charge is 2.31. The molecule has 0 aliphatic carbocycles. The molecule has 0 radical (unpaired) electrons. The zero-order valence-electron chi connectivity index (χ0n) is 14.4. The van der Waals surface area contributed by atoms with Crippen molar-refractivity contribution >= 4 is 5.91 Å². The van der Waals surface area contributed by atoms with E-state index in [2.05, 4.69) is 21.4 Å². The van der Waals surface area contributed by atoms with E-state index in [1.807, 2.05) is 35.6 Å². The molecule has 3 aromatic heterocycles. The molecule has 1 amide bonds. The predicted octanol–water partition coefficient (Wildman–Crippen LogP) is 2.79. The monoisotopic (exact) mass is 339 g/mol. The van der Waals surface area contributed by atoms with Gasteiger partial charge in [-0.15, -0.1) is 0 Å². The SMILES string of the molecule is Cc1cc(C)n(CC2CCCN2C(=O)c2cc(-c3ccco3)[nH]n2)n1. The second-order valence-electron chi connectivity index (χ2n) is 6.55. The second kappa shape index (κ2) is 6.23. The first-order chi connectivity index (χ1) is 12.1. The van der Waals surface area contributed by atoms with E-state index in [1.165, 1.54) is 0 Å². The normalized spacial score (nSPS) is 17.4. The molecule has 1 aliphatic rings. The molecule has 0 spiro atoms. The maximum Gasteiger partial charge on any atom is 0.274 e. The minimum absolute atomic E-state index is 0.0434. The van der Waals surface area contributed by atoms with Crippen LogP contribution in [0.4, 0.5) is 0 Å². The Bertz CT molecular complexity index is 877. The lowest BCUT2D eigenvalue weighted by molar-refractivity contribution is 0.0715. The van der Waals surface area contributed by atoms with Crippen molar-refractivity contribution in [2.45, 2.75) is 39.3 Å². The van der Waals surface area contributed by atoms with Gasteiger partial charge < -0.3 is 9.32 Å². The summed E-state index contributed by atoms with van der Waals surface area (Å²) in [6.45, 7) is 5.51. The molecule has 3 aromatic rings. The summed E-state index contributed by atoms with van der Waals surface area (Å²) in [7, 11) is 0. The van der Waals surface area contributed by atoms with Gasteiger partial charge in [-0.1, -0.05) is 0 Å². The van der Waals surface area contributed by atoms with E-state index in [1.54, 1.807) is 12.3 Å². The van der Waals surface area contributed by atoms with Gasteiger partial charge in [-0.3, -0.25) is 14.6 Å². The van der Waals surface area contributed by atoms with Crippen molar-refractivity contribution < 1.29 is 9.21 Å². The molecule has 25 heavy (non-hydrogen) atoms. The van der Waals surface area contributed by atoms with E-state index in [-0.39, 0.29) is 11.9 Å². The maximum absolute atomic E-state index is 12.9. The van der Waals surface area contributed by atoms with E-state index >= 15 is 0 Å². The number of amides is 1. The Hall–Kier alpha value is -2.83. The highest BCUT2D eigenvalue weighted by molar-refractivity contribution is 5.93. The smallest absolute Gasteiger partial charge is 0.274 e. The number of carbonyl (C=O) groups excluding carboxylic acids is 1. The van der Waals surface area contributed by atoms with E-state index in [4.69, 9.17) is 4.42 Å². The molecule has 7 heteroatoms. The molecule has 0 bridgehead atoms. The third-order valence-electron chi connectivity index (χ3n) is 4.71. The first kappa shape index (κ1) is 15.7. The fourth-order valence-corrected chi connectivity index (χ4v) is 3.49. The lowest BCUT2D eigenvalue weighted by Crippen LogP contribution is -2.38. The molecule has 0 aromatic carbocycles. The van der Waals surface area contributed by atoms with Gasteiger partial charge in [0.2, 0.25) is 0 Å². The van der Waals surface area contributed by atoms with E-state index in [0.717, 1.165) is 37.3 Å². The van der Waals surface area contributed by atoms with Gasteiger partial charge in [0, 0.05) is 18.3 Å². The van der Waals surface area contributed by atoms with Crippen LogP contribution >= 0.6 is 0 Å². The molecule has 4 heterocycles. The highest BCUT2D eigenvalue weighted by Crippen LogP contribution is 2.24. The summed E-state index contributed by atoms with van der Waals surface area (Å²) in [4.78, 5) is 14.8. The summed E-state index contributed by atoms with van der Waals surface area (Å²) in [6.07, 6.45) is 3.59. The third kappa shape index (κ3) is 2.97. The number of furan rings is 1. The summed E-state index contributed by atoms with van der Waals surface area (Å²) < 4.78 is 7.34. The van der Waals surface area contributed by atoms with Gasteiger partial charge >= 0.3 is 0 Å². The van der Waals surface area contributed by atoms with Gasteiger partial charge in [0.05, 0.1) is 24.5 Å². The number of hydrogen-bond donors (Lipinski definition) is 1. The van der Waals surface area contributed by atoms with Crippen molar-refractivity contribution in [1.82, 2.24) is 24.9 Å². The van der Waals surface area contributed by atoms with Crippen LogP contribution in [0.25, 0.3) is 11.5 Å². The number of aryl methyl sites for hydroxylation is 2. The van der Waals surface area contributed by atoms with Crippen LogP contribution in [0.5, 0.6) is 0 Å². The summed E-state index contributed by atoms with van der Waals surface area (Å²) in [6, 6.07) is 7.60. The number of carbonyl (C=O) groups is 1. The number of nitrogens with one attached hydrogen (secondary N) is 1. The Kier molecular flexibility index (Phi) is 3.91. The molecule has 1 unspecified atom stereocenters. The van der Waals surface area contributed by atoms with Crippen LogP contribution in [0.2, 0.25) is 0 Å². The summed E-state index contributed by atoms with van der Waals surface area (Å²) in [5.41, 5.74) is 3.26. The third-order valence-corrected chi connectivity index (χ3v) is 4.71. The molecule has 1 N–H and O–H groups in total. The average Bonchev–Trinajstić information content (AvgIpc) is 3.34. The molecule has 4 rings (SSSR count). The van der Waals surface area contributed by atoms with Crippen LogP contribution in [0.15, 0.2) is 34.9 Å². The van der Waals surface area contributed by atoms with E-state index < -0.39 is 0 Å². The number of likely N-dealkylation sites (tertiary alicyclic amines) is 1. The Balaban J connectivity index is 1.52. The van der Waals surface area contributed by atoms with Crippen molar-refractivity contribution in [1.29, 1.82) is 0 Å². The minimum atomic E-state index is -0.0434. The molecule has 0 saturated carbocycles. The number of H-pyrrole nitrogens is 1. The molecular weight excluding hydrogens is 318 g/mol. The zero-order valence-corrected chi connectivity index (χ0v) is 14.4. The second-order valence-corrected chi connectivity index (χ2v) is 6.55. The van der Waals surface area contributed by atoms with Crippen molar-refractivity contribution in [3.63, 3.8) is 0 Å². The van der Waals surface area contributed by atoms with E-state index in [0.29, 0.717) is 17.1 Å². The standard InChI is InChI=1S/C18H21N5O2/c1-12-9-13(2)23(21-12)11-14-5-3-7-22(14)18(24)16-10-15(19-20-16)17-6-4-8-25-17/h4,6,8-10,14H,3,5,7,11H2,1-2H3,(H,19,20). The quantitative estimate of drug-likeness (QED) is 0.792. The van der Waals surface area contributed by atoms with Crippen molar-refractivity contribution in [2.24, 2.45) is 0 Å².